The maximum Gasteiger partial charge on any atom is 0.137 e. The maximum atomic E-state index is 4.65. The van der Waals surface area contributed by atoms with E-state index in [-0.39, 0.29) is 0 Å². The van der Waals surface area contributed by atoms with Crippen LogP contribution in [0.2, 0.25) is 0 Å². The Bertz CT molecular complexity index is 417. The first-order valence-electron chi connectivity index (χ1n) is 6.93. The number of nitrogens with one attached hydrogen (secondary N) is 1. The van der Waals surface area contributed by atoms with Crippen LogP contribution in [0.1, 0.15) is 37.6 Å². The predicted octanol–water partition coefficient (Wildman–Crippen LogP) is 2.76. The van der Waals surface area contributed by atoms with Gasteiger partial charge in [-0.15, -0.1) is 0 Å². The first-order chi connectivity index (χ1) is 8.65. The van der Waals surface area contributed by atoms with E-state index in [2.05, 4.69) is 34.0 Å². The van der Waals surface area contributed by atoms with E-state index in [0.29, 0.717) is 0 Å². The quantitative estimate of drug-likeness (QED) is 0.893. The number of anilines is 2. The van der Waals surface area contributed by atoms with Crippen LogP contribution < -0.4 is 10.2 Å². The van der Waals surface area contributed by atoms with E-state index < -0.39 is 0 Å². The highest BCUT2D eigenvalue weighted by atomic mass is 15.2. The van der Waals surface area contributed by atoms with E-state index >= 15 is 0 Å². The van der Waals surface area contributed by atoms with Gasteiger partial charge in [-0.1, -0.05) is 13.3 Å². The van der Waals surface area contributed by atoms with Crippen LogP contribution in [0.15, 0.2) is 0 Å². The van der Waals surface area contributed by atoms with Crippen molar-refractivity contribution in [3.63, 3.8) is 0 Å². The van der Waals surface area contributed by atoms with Crippen LogP contribution >= 0.6 is 0 Å². The molecule has 4 nitrogen and oxygen atoms in total. The van der Waals surface area contributed by atoms with Gasteiger partial charge in [0.15, 0.2) is 0 Å². The molecule has 0 aliphatic carbocycles. The molecule has 1 saturated heterocycles. The molecule has 1 aromatic heterocycles. The van der Waals surface area contributed by atoms with Gasteiger partial charge in [-0.05, 0) is 32.6 Å². The molecule has 0 radical (unpaired) electrons. The molecule has 1 fully saturated rings. The fourth-order valence-corrected chi connectivity index (χ4v) is 2.76. The average Bonchev–Trinajstić information content (AvgIpc) is 2.41. The number of aryl methyl sites for hydroxylation is 1. The summed E-state index contributed by atoms with van der Waals surface area (Å²) in [5.41, 5.74) is 1.17. The van der Waals surface area contributed by atoms with Crippen LogP contribution in [0.5, 0.6) is 0 Å². The van der Waals surface area contributed by atoms with Crippen molar-refractivity contribution in [1.82, 2.24) is 9.97 Å². The number of aromatic nitrogens is 2. The molecule has 1 N–H and O–H groups in total. The summed E-state index contributed by atoms with van der Waals surface area (Å²) in [6, 6.07) is 0. The predicted molar refractivity (Wildman–Crippen MR) is 76.3 cm³/mol. The average molecular weight is 248 g/mol. The Morgan fingerprint density at radius 1 is 1.33 bits per heavy atom. The number of nitrogens with zero attached hydrogens (tertiary/aromatic N) is 3. The maximum absolute atomic E-state index is 4.65. The highest BCUT2D eigenvalue weighted by molar-refractivity contribution is 5.58. The lowest BCUT2D eigenvalue weighted by Gasteiger charge is -2.34. The lowest BCUT2D eigenvalue weighted by atomic mass is 9.95. The third-order valence-electron chi connectivity index (χ3n) is 3.86. The van der Waals surface area contributed by atoms with Crippen LogP contribution in [0.25, 0.3) is 0 Å². The zero-order valence-electron chi connectivity index (χ0n) is 12.0. The molecule has 0 spiro atoms. The zero-order chi connectivity index (χ0) is 13.1. The van der Waals surface area contributed by atoms with Gasteiger partial charge in [0.2, 0.25) is 0 Å². The highest BCUT2D eigenvalue weighted by Crippen LogP contribution is 2.28. The lowest BCUT2D eigenvalue weighted by Crippen LogP contribution is -2.36. The minimum absolute atomic E-state index is 0.812. The molecule has 100 valence electrons. The molecule has 1 aliphatic heterocycles. The van der Waals surface area contributed by atoms with Crippen LogP contribution in [-0.4, -0.2) is 30.1 Å². The third-order valence-corrected chi connectivity index (χ3v) is 3.86. The van der Waals surface area contributed by atoms with Crippen molar-refractivity contribution in [2.45, 2.75) is 40.0 Å². The summed E-state index contributed by atoms with van der Waals surface area (Å²) < 4.78 is 0. The first-order valence-corrected chi connectivity index (χ1v) is 6.93. The zero-order valence-corrected chi connectivity index (χ0v) is 12.0. The fraction of sp³-hybridized carbons (Fsp3) is 0.714. The summed E-state index contributed by atoms with van der Waals surface area (Å²) in [7, 11) is 1.92. The Morgan fingerprint density at radius 2 is 2.11 bits per heavy atom. The number of hydrogen-bond donors (Lipinski definition) is 1. The van der Waals surface area contributed by atoms with Gasteiger partial charge in [0.1, 0.15) is 17.5 Å². The molecule has 1 unspecified atom stereocenters. The van der Waals surface area contributed by atoms with E-state index in [9.17, 15) is 0 Å². The van der Waals surface area contributed by atoms with Crippen molar-refractivity contribution < 1.29 is 0 Å². The summed E-state index contributed by atoms with van der Waals surface area (Å²) >= 11 is 0. The largest absolute Gasteiger partial charge is 0.373 e. The second-order valence-electron chi connectivity index (χ2n) is 5.18. The van der Waals surface area contributed by atoms with E-state index in [4.69, 9.17) is 0 Å². The Labute approximate surface area is 110 Å². The lowest BCUT2D eigenvalue weighted by molar-refractivity contribution is 0.402. The molecule has 1 aliphatic rings. The Kier molecular flexibility index (Phi) is 4.04. The Hall–Kier alpha value is -1.32. The molecule has 1 aromatic rings. The molecule has 4 heteroatoms. The number of hydrogen-bond acceptors (Lipinski definition) is 4. The Balaban J connectivity index is 2.29. The van der Waals surface area contributed by atoms with E-state index in [1.54, 1.807) is 0 Å². The van der Waals surface area contributed by atoms with Crippen molar-refractivity contribution in [1.29, 1.82) is 0 Å². The molecule has 2 rings (SSSR count). The van der Waals surface area contributed by atoms with Crippen molar-refractivity contribution in [3.8, 4) is 0 Å². The van der Waals surface area contributed by atoms with Crippen molar-refractivity contribution in [2.24, 2.45) is 5.92 Å². The van der Waals surface area contributed by atoms with E-state index in [0.717, 1.165) is 36.5 Å². The molecule has 0 bridgehead atoms. The second kappa shape index (κ2) is 5.55. The minimum atomic E-state index is 0.812. The molecule has 0 saturated carbocycles. The van der Waals surface area contributed by atoms with Crippen LogP contribution in [-0.2, 0) is 0 Å². The molecule has 2 heterocycles. The molecule has 18 heavy (non-hydrogen) atoms. The fourth-order valence-electron chi connectivity index (χ4n) is 2.76. The van der Waals surface area contributed by atoms with E-state index in [1.807, 2.05) is 14.0 Å². The van der Waals surface area contributed by atoms with Crippen molar-refractivity contribution >= 4 is 11.6 Å². The summed E-state index contributed by atoms with van der Waals surface area (Å²) in [4.78, 5) is 11.5. The van der Waals surface area contributed by atoms with Gasteiger partial charge in [0.25, 0.3) is 0 Å². The van der Waals surface area contributed by atoms with Gasteiger partial charge in [-0.2, -0.15) is 0 Å². The highest BCUT2D eigenvalue weighted by Gasteiger charge is 2.22. The molecule has 0 aromatic carbocycles. The number of piperidine rings is 1. The van der Waals surface area contributed by atoms with E-state index in [1.165, 1.54) is 24.8 Å². The topological polar surface area (TPSA) is 41.1 Å². The monoisotopic (exact) mass is 248 g/mol. The molecule has 1 atom stereocenters. The van der Waals surface area contributed by atoms with Crippen molar-refractivity contribution in [2.75, 3.05) is 30.4 Å². The normalized spacial score (nSPS) is 20.0. The molecular formula is C14H24N4. The van der Waals surface area contributed by atoms with Crippen LogP contribution in [0.3, 0.4) is 0 Å². The smallest absolute Gasteiger partial charge is 0.137 e. The van der Waals surface area contributed by atoms with Crippen LogP contribution in [0.4, 0.5) is 11.6 Å². The SMILES string of the molecule is CCC1CCCN(c2nc(C)nc(NC)c2C)C1. The van der Waals surface area contributed by atoms with Crippen molar-refractivity contribution in [3.05, 3.63) is 11.4 Å². The Morgan fingerprint density at radius 3 is 2.78 bits per heavy atom. The minimum Gasteiger partial charge on any atom is -0.373 e. The first kappa shape index (κ1) is 13.1. The summed E-state index contributed by atoms with van der Waals surface area (Å²) in [5.74, 6) is 3.73. The van der Waals surface area contributed by atoms with Gasteiger partial charge in [0.05, 0.1) is 0 Å². The van der Waals surface area contributed by atoms with Gasteiger partial charge in [-0.25, -0.2) is 9.97 Å². The molecular weight excluding hydrogens is 224 g/mol. The summed E-state index contributed by atoms with van der Waals surface area (Å²) in [6.45, 7) is 8.61. The van der Waals surface area contributed by atoms with Gasteiger partial charge >= 0.3 is 0 Å². The van der Waals surface area contributed by atoms with Gasteiger partial charge in [-0.3, -0.25) is 0 Å². The molecule has 0 amide bonds. The summed E-state index contributed by atoms with van der Waals surface area (Å²) in [5, 5.41) is 3.16. The second-order valence-corrected chi connectivity index (χ2v) is 5.18. The standard InChI is InChI=1S/C14H24N4/c1-5-12-7-6-8-18(9-12)14-10(2)13(15-4)16-11(3)17-14/h12H,5-9H2,1-4H3,(H,15,16,17). The number of rotatable bonds is 3. The third kappa shape index (κ3) is 2.57. The van der Waals surface area contributed by atoms with Crippen LogP contribution in [0, 0.1) is 19.8 Å². The van der Waals surface area contributed by atoms with Gasteiger partial charge in [0, 0.05) is 25.7 Å². The van der Waals surface area contributed by atoms with Gasteiger partial charge < -0.3 is 10.2 Å². The summed E-state index contributed by atoms with van der Waals surface area (Å²) in [6.07, 6.45) is 3.89.